The number of ether oxygens (including phenoxy) is 1. The average molecular weight is 603 g/mol. The van der Waals surface area contributed by atoms with Crippen molar-refractivity contribution in [2.45, 2.75) is 12.5 Å². The molecule has 12 nitrogen and oxygen atoms in total. The molecule has 222 valence electrons. The summed E-state index contributed by atoms with van der Waals surface area (Å²) in [7, 11) is 3.77. The van der Waals surface area contributed by atoms with Gasteiger partial charge < -0.3 is 20.3 Å². The number of nitrogens with zero attached hydrogens (tertiary/aromatic N) is 5. The summed E-state index contributed by atoms with van der Waals surface area (Å²) in [6.45, 7) is 0.869. The second-order valence-corrected chi connectivity index (χ2v) is 10.1. The Labute approximate surface area is 253 Å². The zero-order valence-electron chi connectivity index (χ0n) is 23.6. The standard InChI is InChI=1S/C30H31ClN8O4/c1-38(2)16-17-43-30(42)34-25-12-10-24(11-13-25)33-29(41)26(18-21-6-4-3-5-7-21)35-28(40)15-8-22-19-23(31)9-14-27(22)39-20-32-36-37-39/h3-15,19-20,26H,16-18H2,1-2H3,(H,33,41)(H,34,42)(H,35,40)/t26-/m0/s1. The van der Waals surface area contributed by atoms with Crippen LogP contribution < -0.4 is 16.0 Å². The summed E-state index contributed by atoms with van der Waals surface area (Å²) in [6.07, 6.45) is 4.02. The number of aromatic nitrogens is 4. The van der Waals surface area contributed by atoms with Crippen LogP contribution in [-0.2, 0) is 20.7 Å². The highest BCUT2D eigenvalue weighted by molar-refractivity contribution is 6.30. The maximum absolute atomic E-state index is 13.3. The molecule has 0 saturated carbocycles. The van der Waals surface area contributed by atoms with E-state index in [9.17, 15) is 14.4 Å². The van der Waals surface area contributed by atoms with Crippen molar-refractivity contribution in [1.29, 1.82) is 0 Å². The molecule has 43 heavy (non-hydrogen) atoms. The summed E-state index contributed by atoms with van der Waals surface area (Å²) in [5.41, 5.74) is 3.10. The molecule has 3 N–H and O–H groups in total. The molecule has 4 aromatic rings. The minimum Gasteiger partial charge on any atom is -0.448 e. The lowest BCUT2D eigenvalue weighted by Gasteiger charge is -2.18. The Balaban J connectivity index is 1.42. The molecular formula is C30H31ClN8O4. The van der Waals surface area contributed by atoms with Crippen molar-refractivity contribution in [3.05, 3.63) is 101 Å². The van der Waals surface area contributed by atoms with Crippen LogP contribution in [0.4, 0.5) is 16.2 Å². The van der Waals surface area contributed by atoms with Crippen LogP contribution in [0.5, 0.6) is 0 Å². The van der Waals surface area contributed by atoms with Crippen molar-refractivity contribution >= 4 is 47.0 Å². The normalized spacial score (nSPS) is 11.7. The van der Waals surface area contributed by atoms with Crippen LogP contribution in [0.15, 0.2) is 85.2 Å². The quantitative estimate of drug-likeness (QED) is 0.208. The van der Waals surface area contributed by atoms with Gasteiger partial charge in [0, 0.05) is 41.0 Å². The fourth-order valence-electron chi connectivity index (χ4n) is 3.92. The molecule has 0 fully saturated rings. The van der Waals surface area contributed by atoms with E-state index >= 15 is 0 Å². The third-order valence-electron chi connectivity index (χ3n) is 6.09. The van der Waals surface area contributed by atoms with Crippen molar-refractivity contribution in [1.82, 2.24) is 30.4 Å². The zero-order valence-corrected chi connectivity index (χ0v) is 24.4. The maximum atomic E-state index is 13.3. The van der Waals surface area contributed by atoms with Gasteiger partial charge in [-0.3, -0.25) is 14.9 Å². The highest BCUT2D eigenvalue weighted by atomic mass is 35.5. The number of amides is 3. The number of rotatable bonds is 12. The van der Waals surface area contributed by atoms with Gasteiger partial charge in [0.15, 0.2) is 0 Å². The van der Waals surface area contributed by atoms with E-state index in [1.807, 2.05) is 49.3 Å². The maximum Gasteiger partial charge on any atom is 0.411 e. The number of nitrogens with one attached hydrogen (secondary N) is 3. The van der Waals surface area contributed by atoms with Gasteiger partial charge >= 0.3 is 6.09 Å². The van der Waals surface area contributed by atoms with Gasteiger partial charge in [0.05, 0.1) is 5.69 Å². The molecule has 1 heterocycles. The van der Waals surface area contributed by atoms with Crippen molar-refractivity contribution in [3.8, 4) is 5.69 Å². The molecule has 0 bridgehead atoms. The predicted molar refractivity (Wildman–Crippen MR) is 164 cm³/mol. The first-order chi connectivity index (χ1) is 20.8. The Bertz CT molecular complexity index is 1540. The van der Waals surface area contributed by atoms with E-state index in [2.05, 4.69) is 31.5 Å². The van der Waals surface area contributed by atoms with E-state index in [0.717, 1.165) is 5.56 Å². The minimum absolute atomic E-state index is 0.260. The molecule has 1 aromatic heterocycles. The third-order valence-corrected chi connectivity index (χ3v) is 6.32. The van der Waals surface area contributed by atoms with E-state index in [-0.39, 0.29) is 13.0 Å². The first-order valence-corrected chi connectivity index (χ1v) is 13.7. The van der Waals surface area contributed by atoms with Crippen molar-refractivity contribution in [3.63, 3.8) is 0 Å². The Kier molecular flexibility index (Phi) is 10.9. The molecule has 3 aromatic carbocycles. The van der Waals surface area contributed by atoms with Gasteiger partial charge in [-0.2, -0.15) is 4.68 Å². The molecule has 0 radical (unpaired) electrons. The topological polar surface area (TPSA) is 143 Å². The van der Waals surface area contributed by atoms with Gasteiger partial charge in [-0.1, -0.05) is 41.9 Å². The van der Waals surface area contributed by atoms with E-state index in [1.54, 1.807) is 48.5 Å². The molecule has 0 aliphatic rings. The SMILES string of the molecule is CN(C)CCOC(=O)Nc1ccc(NC(=O)[C@H](Cc2ccccc2)NC(=O)C=Cc2cc(Cl)ccc2-n2cnnn2)cc1. The Morgan fingerprint density at radius 2 is 1.72 bits per heavy atom. The lowest BCUT2D eigenvalue weighted by molar-refractivity contribution is -0.123. The zero-order chi connectivity index (χ0) is 30.6. The highest BCUT2D eigenvalue weighted by Crippen LogP contribution is 2.20. The monoisotopic (exact) mass is 602 g/mol. The molecule has 3 amide bonds. The van der Waals surface area contributed by atoms with Crippen molar-refractivity contribution in [2.24, 2.45) is 0 Å². The van der Waals surface area contributed by atoms with Gasteiger partial charge in [-0.25, -0.2) is 4.79 Å². The number of tetrazole rings is 1. The second-order valence-electron chi connectivity index (χ2n) is 9.67. The van der Waals surface area contributed by atoms with Gasteiger partial charge in [0.25, 0.3) is 0 Å². The van der Waals surface area contributed by atoms with E-state index in [0.29, 0.717) is 34.2 Å². The van der Waals surface area contributed by atoms with Crippen LogP contribution in [0.3, 0.4) is 0 Å². The first-order valence-electron chi connectivity index (χ1n) is 13.3. The fourth-order valence-corrected chi connectivity index (χ4v) is 4.11. The lowest BCUT2D eigenvalue weighted by Crippen LogP contribution is -2.44. The van der Waals surface area contributed by atoms with Crippen LogP contribution in [0, 0.1) is 0 Å². The number of likely N-dealkylation sites (N-methyl/N-ethyl adjacent to an activating group) is 1. The number of carbonyl (C=O) groups excluding carboxylic acids is 3. The summed E-state index contributed by atoms with van der Waals surface area (Å²) < 4.78 is 6.59. The molecule has 0 unspecified atom stereocenters. The van der Waals surface area contributed by atoms with E-state index in [4.69, 9.17) is 16.3 Å². The number of anilines is 2. The molecule has 4 rings (SSSR count). The number of hydrogen-bond donors (Lipinski definition) is 3. The molecule has 0 aliphatic carbocycles. The molecule has 0 spiro atoms. The molecule has 13 heteroatoms. The summed E-state index contributed by atoms with van der Waals surface area (Å²) in [4.78, 5) is 40.2. The number of carbonyl (C=O) groups is 3. The number of halogens is 1. The van der Waals surface area contributed by atoms with Gasteiger partial charge in [-0.05, 0) is 78.6 Å². The van der Waals surface area contributed by atoms with Crippen LogP contribution >= 0.6 is 11.6 Å². The van der Waals surface area contributed by atoms with Gasteiger partial charge in [-0.15, -0.1) is 5.10 Å². The van der Waals surface area contributed by atoms with Crippen LogP contribution in [0.25, 0.3) is 11.8 Å². The summed E-state index contributed by atoms with van der Waals surface area (Å²) >= 11 is 6.17. The number of hydrogen-bond acceptors (Lipinski definition) is 8. The minimum atomic E-state index is -0.887. The molecular weight excluding hydrogens is 572 g/mol. The molecule has 1 atom stereocenters. The largest absolute Gasteiger partial charge is 0.448 e. The average Bonchev–Trinajstić information content (AvgIpc) is 3.52. The number of benzene rings is 3. The Morgan fingerprint density at radius 3 is 2.40 bits per heavy atom. The molecule has 0 saturated heterocycles. The summed E-state index contributed by atoms with van der Waals surface area (Å²) in [6, 6.07) is 20.2. The van der Waals surface area contributed by atoms with E-state index in [1.165, 1.54) is 17.1 Å². The summed E-state index contributed by atoms with van der Waals surface area (Å²) in [5.74, 6) is -0.891. The fraction of sp³-hybridized carbons (Fsp3) is 0.200. The van der Waals surface area contributed by atoms with Crippen LogP contribution in [0.2, 0.25) is 5.02 Å². The predicted octanol–water partition coefficient (Wildman–Crippen LogP) is 3.81. The summed E-state index contributed by atoms with van der Waals surface area (Å²) in [5, 5.41) is 19.9. The Morgan fingerprint density at radius 1 is 1.00 bits per heavy atom. The van der Waals surface area contributed by atoms with Crippen molar-refractivity contribution in [2.75, 3.05) is 37.9 Å². The van der Waals surface area contributed by atoms with Crippen molar-refractivity contribution < 1.29 is 19.1 Å². The third kappa shape index (κ3) is 9.76. The van der Waals surface area contributed by atoms with Gasteiger partial charge in [0.2, 0.25) is 11.8 Å². The highest BCUT2D eigenvalue weighted by Gasteiger charge is 2.21. The smallest absolute Gasteiger partial charge is 0.411 e. The van der Waals surface area contributed by atoms with Crippen LogP contribution in [0.1, 0.15) is 11.1 Å². The first kappa shape index (κ1) is 30.9. The lowest BCUT2D eigenvalue weighted by atomic mass is 10.0. The van der Waals surface area contributed by atoms with E-state index < -0.39 is 23.9 Å². The Hall–Kier alpha value is -5.07. The second kappa shape index (κ2) is 15.2. The molecule has 0 aliphatic heterocycles. The van der Waals surface area contributed by atoms with Crippen LogP contribution in [-0.4, -0.2) is 76.3 Å². The van der Waals surface area contributed by atoms with Gasteiger partial charge in [0.1, 0.15) is 19.0 Å².